The van der Waals surface area contributed by atoms with Gasteiger partial charge in [-0.2, -0.15) is 0 Å². The topological polar surface area (TPSA) is 60.9 Å². The molecule has 1 unspecified atom stereocenters. The van der Waals surface area contributed by atoms with Crippen LogP contribution in [0.2, 0.25) is 0 Å². The van der Waals surface area contributed by atoms with Gasteiger partial charge in [-0.3, -0.25) is 14.6 Å². The fourth-order valence-electron chi connectivity index (χ4n) is 1.01. The highest BCUT2D eigenvalue weighted by molar-refractivity contribution is 6.59. The lowest BCUT2D eigenvalue weighted by Crippen LogP contribution is -2.64. The van der Waals surface area contributed by atoms with Crippen LogP contribution in [0.4, 0.5) is 4.79 Å². The van der Waals surface area contributed by atoms with E-state index in [0.29, 0.717) is 0 Å². The summed E-state index contributed by atoms with van der Waals surface area (Å²) in [5.74, 6) is -0.827. The number of halogens is 2. The third kappa shape index (κ3) is 1.37. The molecule has 0 spiro atoms. The molecular weight excluding hydrogens is 219 g/mol. The molecular formula is C6H8Cl2N2O3. The Balaban J connectivity index is 3.07. The monoisotopic (exact) mass is 226 g/mol. The number of nitrogens with zero attached hydrogens (tertiary/aromatic N) is 2. The predicted octanol–water partition coefficient (Wildman–Crippen LogP) is 0.00250. The van der Waals surface area contributed by atoms with Crippen LogP contribution >= 0.6 is 23.2 Å². The quantitative estimate of drug-likeness (QED) is 0.592. The van der Waals surface area contributed by atoms with Crippen LogP contribution in [0, 0.1) is 0 Å². The van der Waals surface area contributed by atoms with Crippen molar-refractivity contribution in [1.82, 2.24) is 9.80 Å². The smallest absolute Gasteiger partial charge is 0.328 e. The molecule has 1 rings (SSSR count). The standard InChI is InChI=1S/C6H8Cl2N2O3/c1-9-3(11)6(7,8)4(12)10(2)5(9)13/h3,11H,1-2H3. The summed E-state index contributed by atoms with van der Waals surface area (Å²) in [5.41, 5.74) is 0. The Morgan fingerprint density at radius 3 is 2.31 bits per heavy atom. The van der Waals surface area contributed by atoms with Crippen molar-refractivity contribution in [1.29, 1.82) is 0 Å². The summed E-state index contributed by atoms with van der Waals surface area (Å²) in [6, 6.07) is -0.644. The molecule has 1 N–H and O–H groups in total. The number of aliphatic hydroxyl groups is 1. The first-order valence-electron chi connectivity index (χ1n) is 3.41. The van der Waals surface area contributed by atoms with Crippen molar-refractivity contribution in [3.05, 3.63) is 0 Å². The van der Waals surface area contributed by atoms with Crippen LogP contribution in [0.1, 0.15) is 0 Å². The number of urea groups is 1. The summed E-state index contributed by atoms with van der Waals surface area (Å²) in [6.07, 6.45) is -1.52. The highest BCUT2D eigenvalue weighted by atomic mass is 35.5. The number of imide groups is 1. The second kappa shape index (κ2) is 3.01. The summed E-state index contributed by atoms with van der Waals surface area (Å²) < 4.78 is -1.99. The van der Waals surface area contributed by atoms with Crippen molar-refractivity contribution >= 4 is 35.1 Å². The Hall–Kier alpha value is -0.520. The molecule has 0 aliphatic carbocycles. The Bertz CT molecular complexity index is 269. The van der Waals surface area contributed by atoms with Gasteiger partial charge in [-0.15, -0.1) is 0 Å². The third-order valence-electron chi connectivity index (χ3n) is 1.87. The van der Waals surface area contributed by atoms with Gasteiger partial charge in [0, 0.05) is 14.1 Å². The number of aliphatic hydroxyl groups excluding tert-OH is 1. The zero-order valence-corrected chi connectivity index (χ0v) is 8.50. The fraction of sp³-hybridized carbons (Fsp3) is 0.667. The van der Waals surface area contributed by atoms with E-state index in [4.69, 9.17) is 23.2 Å². The maximum atomic E-state index is 11.3. The van der Waals surface area contributed by atoms with Gasteiger partial charge < -0.3 is 5.11 Å². The summed E-state index contributed by atoms with van der Waals surface area (Å²) in [5, 5.41) is 9.36. The average molecular weight is 227 g/mol. The van der Waals surface area contributed by atoms with Gasteiger partial charge in [0.05, 0.1) is 0 Å². The number of hydrogen-bond acceptors (Lipinski definition) is 3. The van der Waals surface area contributed by atoms with Crippen LogP contribution in [-0.4, -0.2) is 51.5 Å². The van der Waals surface area contributed by atoms with Crippen molar-refractivity contribution in [2.75, 3.05) is 14.1 Å². The fourth-order valence-corrected chi connectivity index (χ4v) is 1.55. The van der Waals surface area contributed by atoms with Gasteiger partial charge in [-0.05, 0) is 0 Å². The van der Waals surface area contributed by atoms with Gasteiger partial charge in [0.15, 0.2) is 6.23 Å². The molecule has 0 aromatic carbocycles. The van der Waals surface area contributed by atoms with Gasteiger partial charge >= 0.3 is 6.03 Å². The predicted molar refractivity (Wildman–Crippen MR) is 46.4 cm³/mol. The van der Waals surface area contributed by atoms with Crippen LogP contribution in [0.5, 0.6) is 0 Å². The summed E-state index contributed by atoms with van der Waals surface area (Å²) in [4.78, 5) is 24.1. The highest BCUT2D eigenvalue weighted by Crippen LogP contribution is 2.33. The zero-order valence-electron chi connectivity index (χ0n) is 6.99. The lowest BCUT2D eigenvalue weighted by Gasteiger charge is -2.40. The molecule has 0 aromatic rings. The second-order valence-corrected chi connectivity index (χ2v) is 4.14. The Morgan fingerprint density at radius 2 is 1.85 bits per heavy atom. The van der Waals surface area contributed by atoms with E-state index >= 15 is 0 Å². The SMILES string of the molecule is CN1C(=O)N(C)C(O)C(Cl)(Cl)C1=O. The normalized spacial score (nSPS) is 28.2. The number of amides is 3. The largest absolute Gasteiger partial charge is 0.370 e. The average Bonchev–Trinajstić information content (AvgIpc) is 2.09. The van der Waals surface area contributed by atoms with E-state index in [0.717, 1.165) is 9.80 Å². The van der Waals surface area contributed by atoms with E-state index in [9.17, 15) is 14.7 Å². The molecule has 1 aliphatic heterocycles. The first kappa shape index (κ1) is 10.6. The number of carbonyl (C=O) groups excluding carboxylic acids is 2. The minimum absolute atomic E-state index is 0.644. The molecule has 1 heterocycles. The molecule has 0 radical (unpaired) electrons. The molecule has 7 heteroatoms. The van der Waals surface area contributed by atoms with Gasteiger partial charge in [0.1, 0.15) is 0 Å². The zero-order chi connectivity index (χ0) is 10.4. The minimum Gasteiger partial charge on any atom is -0.370 e. The van der Waals surface area contributed by atoms with E-state index in [1.54, 1.807) is 0 Å². The van der Waals surface area contributed by atoms with Crippen molar-refractivity contribution in [3.8, 4) is 0 Å². The van der Waals surface area contributed by atoms with Crippen molar-refractivity contribution < 1.29 is 14.7 Å². The van der Waals surface area contributed by atoms with Crippen LogP contribution < -0.4 is 0 Å². The molecule has 0 saturated carbocycles. The molecule has 5 nitrogen and oxygen atoms in total. The Morgan fingerprint density at radius 1 is 1.38 bits per heavy atom. The molecule has 74 valence electrons. The Labute approximate surface area is 84.8 Å². The third-order valence-corrected chi connectivity index (χ3v) is 2.58. The first-order chi connectivity index (χ1) is 5.80. The minimum atomic E-state index is -1.99. The van der Waals surface area contributed by atoms with Crippen molar-refractivity contribution in [3.63, 3.8) is 0 Å². The number of hydrogen-bond donors (Lipinski definition) is 1. The van der Waals surface area contributed by atoms with Gasteiger partial charge in [0.25, 0.3) is 5.91 Å². The van der Waals surface area contributed by atoms with Gasteiger partial charge in [0.2, 0.25) is 4.33 Å². The molecule has 3 amide bonds. The van der Waals surface area contributed by atoms with Crippen molar-refractivity contribution in [2.45, 2.75) is 10.6 Å². The van der Waals surface area contributed by atoms with Crippen molar-refractivity contribution in [2.24, 2.45) is 0 Å². The Kier molecular flexibility index (Phi) is 2.44. The van der Waals surface area contributed by atoms with Crippen LogP contribution in [-0.2, 0) is 4.79 Å². The van der Waals surface area contributed by atoms with E-state index in [1.165, 1.54) is 14.1 Å². The molecule has 1 saturated heterocycles. The number of alkyl halides is 2. The molecule has 1 aliphatic rings. The van der Waals surface area contributed by atoms with E-state index in [-0.39, 0.29) is 0 Å². The summed E-state index contributed by atoms with van der Waals surface area (Å²) in [7, 11) is 2.54. The van der Waals surface area contributed by atoms with E-state index in [2.05, 4.69) is 0 Å². The van der Waals surface area contributed by atoms with Crippen LogP contribution in [0.15, 0.2) is 0 Å². The molecule has 1 fully saturated rings. The molecule has 0 bridgehead atoms. The molecule has 13 heavy (non-hydrogen) atoms. The van der Waals surface area contributed by atoms with E-state index in [1.807, 2.05) is 0 Å². The summed E-state index contributed by atoms with van der Waals surface area (Å²) in [6.45, 7) is 0. The summed E-state index contributed by atoms with van der Waals surface area (Å²) >= 11 is 11.1. The lowest BCUT2D eigenvalue weighted by atomic mass is 10.2. The second-order valence-electron chi connectivity index (χ2n) is 2.75. The maximum Gasteiger partial charge on any atom is 0.328 e. The van der Waals surface area contributed by atoms with Gasteiger partial charge in [-0.1, -0.05) is 23.2 Å². The van der Waals surface area contributed by atoms with E-state index < -0.39 is 22.5 Å². The highest BCUT2D eigenvalue weighted by Gasteiger charge is 2.53. The first-order valence-corrected chi connectivity index (χ1v) is 4.16. The number of rotatable bonds is 0. The maximum absolute atomic E-state index is 11.3. The lowest BCUT2D eigenvalue weighted by molar-refractivity contribution is -0.137. The molecule has 0 aromatic heterocycles. The number of carbonyl (C=O) groups is 2. The van der Waals surface area contributed by atoms with Gasteiger partial charge in [-0.25, -0.2) is 4.79 Å². The van der Waals surface area contributed by atoms with Crippen LogP contribution in [0.25, 0.3) is 0 Å². The van der Waals surface area contributed by atoms with Crippen LogP contribution in [0.3, 0.4) is 0 Å². The molecule has 1 atom stereocenters.